The molecule has 1 rings (SSSR count). The quantitative estimate of drug-likeness (QED) is 0.436. The van der Waals surface area contributed by atoms with Crippen molar-refractivity contribution in [3.8, 4) is 0 Å². The summed E-state index contributed by atoms with van der Waals surface area (Å²) in [6.07, 6.45) is 6.55. The highest BCUT2D eigenvalue weighted by atomic mass is 16.6. The second-order valence-electron chi connectivity index (χ2n) is 5.20. The van der Waals surface area contributed by atoms with Gasteiger partial charge >= 0.3 is 0 Å². The van der Waals surface area contributed by atoms with Crippen LogP contribution in [-0.2, 0) is 9.47 Å². The molecular weight excluding hydrogens is 260 g/mol. The SMILES string of the molecule is CCCCC/C=C/CCO[C@H]1[C@H](O)[C@@H](CO)OC[C@@H]1O. The molecule has 4 atom stereocenters. The molecule has 0 aromatic rings. The van der Waals surface area contributed by atoms with Crippen LogP contribution in [0.15, 0.2) is 12.2 Å². The van der Waals surface area contributed by atoms with Crippen LogP contribution < -0.4 is 0 Å². The van der Waals surface area contributed by atoms with E-state index in [0.29, 0.717) is 6.61 Å². The van der Waals surface area contributed by atoms with E-state index in [4.69, 9.17) is 14.6 Å². The molecule has 0 aromatic heterocycles. The van der Waals surface area contributed by atoms with Crippen molar-refractivity contribution in [1.29, 1.82) is 0 Å². The molecule has 20 heavy (non-hydrogen) atoms. The molecule has 0 bridgehead atoms. The van der Waals surface area contributed by atoms with Gasteiger partial charge in [0, 0.05) is 0 Å². The van der Waals surface area contributed by atoms with Gasteiger partial charge in [0.1, 0.15) is 24.4 Å². The van der Waals surface area contributed by atoms with Crippen molar-refractivity contribution in [2.24, 2.45) is 0 Å². The van der Waals surface area contributed by atoms with Crippen molar-refractivity contribution in [1.82, 2.24) is 0 Å². The fraction of sp³-hybridized carbons (Fsp3) is 0.867. The number of ether oxygens (including phenoxy) is 2. The first-order chi connectivity index (χ1) is 9.70. The normalized spacial score (nSPS) is 31.0. The summed E-state index contributed by atoms with van der Waals surface area (Å²) in [7, 11) is 0. The molecule has 3 N–H and O–H groups in total. The third-order valence-electron chi connectivity index (χ3n) is 3.49. The van der Waals surface area contributed by atoms with Gasteiger partial charge in [-0.2, -0.15) is 0 Å². The maximum atomic E-state index is 9.91. The molecule has 0 amide bonds. The zero-order valence-corrected chi connectivity index (χ0v) is 12.3. The van der Waals surface area contributed by atoms with Gasteiger partial charge in [0.15, 0.2) is 0 Å². The first-order valence-corrected chi connectivity index (χ1v) is 7.55. The monoisotopic (exact) mass is 288 g/mol. The minimum atomic E-state index is -0.989. The van der Waals surface area contributed by atoms with Crippen molar-refractivity contribution in [3.63, 3.8) is 0 Å². The van der Waals surface area contributed by atoms with Gasteiger partial charge in [0.25, 0.3) is 0 Å². The van der Waals surface area contributed by atoms with E-state index < -0.39 is 24.4 Å². The maximum absolute atomic E-state index is 9.91. The number of aliphatic hydroxyl groups excluding tert-OH is 3. The van der Waals surface area contributed by atoms with Crippen molar-refractivity contribution in [2.45, 2.75) is 63.4 Å². The van der Waals surface area contributed by atoms with E-state index >= 15 is 0 Å². The summed E-state index contributed by atoms with van der Waals surface area (Å²) in [5, 5.41) is 28.7. The molecule has 0 aromatic carbocycles. The molecule has 1 fully saturated rings. The van der Waals surface area contributed by atoms with Crippen LogP contribution in [-0.4, -0.2) is 59.6 Å². The van der Waals surface area contributed by atoms with E-state index in [0.717, 1.165) is 12.8 Å². The zero-order valence-electron chi connectivity index (χ0n) is 12.3. The summed E-state index contributed by atoms with van der Waals surface area (Å²) in [6, 6.07) is 0. The minimum Gasteiger partial charge on any atom is -0.394 e. The van der Waals surface area contributed by atoms with E-state index in [1.54, 1.807) is 0 Å². The average Bonchev–Trinajstić information content (AvgIpc) is 2.45. The molecule has 0 aliphatic carbocycles. The Morgan fingerprint density at radius 1 is 1.20 bits per heavy atom. The number of hydrogen-bond acceptors (Lipinski definition) is 5. The van der Waals surface area contributed by atoms with E-state index in [1.165, 1.54) is 19.3 Å². The average molecular weight is 288 g/mol. The molecule has 0 radical (unpaired) electrons. The third kappa shape index (κ3) is 5.89. The first kappa shape index (κ1) is 17.6. The molecule has 118 valence electrons. The van der Waals surface area contributed by atoms with Crippen molar-refractivity contribution < 1.29 is 24.8 Å². The van der Waals surface area contributed by atoms with E-state index in [1.807, 2.05) is 0 Å². The summed E-state index contributed by atoms with van der Waals surface area (Å²) in [5.41, 5.74) is 0. The number of aliphatic hydroxyl groups is 3. The lowest BCUT2D eigenvalue weighted by Gasteiger charge is -2.37. The Hall–Kier alpha value is -0.460. The molecule has 0 saturated carbocycles. The van der Waals surface area contributed by atoms with Crippen LogP contribution in [0.1, 0.15) is 39.0 Å². The van der Waals surface area contributed by atoms with Gasteiger partial charge in [-0.15, -0.1) is 0 Å². The molecule has 1 aliphatic heterocycles. The Balaban J connectivity index is 2.19. The molecule has 0 unspecified atom stereocenters. The molecular formula is C15H28O5. The highest BCUT2D eigenvalue weighted by Gasteiger charge is 2.38. The van der Waals surface area contributed by atoms with Gasteiger partial charge in [-0.3, -0.25) is 0 Å². The Bertz CT molecular complexity index is 269. The predicted molar refractivity (Wildman–Crippen MR) is 76.5 cm³/mol. The summed E-state index contributed by atoms with van der Waals surface area (Å²) in [4.78, 5) is 0. The summed E-state index contributed by atoms with van der Waals surface area (Å²) < 4.78 is 10.6. The smallest absolute Gasteiger partial charge is 0.114 e. The van der Waals surface area contributed by atoms with Gasteiger partial charge in [0.05, 0.1) is 19.8 Å². The van der Waals surface area contributed by atoms with Gasteiger partial charge in [-0.05, 0) is 19.3 Å². The standard InChI is InChI=1S/C15H28O5/c1-2-3-4-5-6-7-8-9-19-15-12(17)11-20-13(10-16)14(15)18/h6-7,12-18H,2-5,8-11H2,1H3/b7-6+/t12-,13+,14+,15+/m0/s1. The molecule has 1 heterocycles. The Kier molecular flexibility index (Phi) is 9.05. The van der Waals surface area contributed by atoms with E-state index in [2.05, 4.69) is 19.1 Å². The largest absolute Gasteiger partial charge is 0.394 e. The topological polar surface area (TPSA) is 79.2 Å². The summed E-state index contributed by atoms with van der Waals surface area (Å²) in [5.74, 6) is 0. The van der Waals surface area contributed by atoms with E-state index in [-0.39, 0.29) is 13.2 Å². The Morgan fingerprint density at radius 2 is 1.95 bits per heavy atom. The number of rotatable bonds is 9. The molecule has 5 heteroatoms. The lowest BCUT2D eigenvalue weighted by molar-refractivity contribution is -0.210. The highest BCUT2D eigenvalue weighted by Crippen LogP contribution is 2.18. The van der Waals surface area contributed by atoms with Crippen LogP contribution in [0.25, 0.3) is 0 Å². The van der Waals surface area contributed by atoms with Crippen molar-refractivity contribution >= 4 is 0 Å². The number of allylic oxidation sites excluding steroid dienone is 1. The van der Waals surface area contributed by atoms with Crippen LogP contribution in [0, 0.1) is 0 Å². The number of hydrogen-bond donors (Lipinski definition) is 3. The van der Waals surface area contributed by atoms with Crippen LogP contribution in [0.4, 0.5) is 0 Å². The van der Waals surface area contributed by atoms with Crippen LogP contribution in [0.5, 0.6) is 0 Å². The molecule has 0 spiro atoms. The van der Waals surface area contributed by atoms with Crippen LogP contribution in [0.2, 0.25) is 0 Å². The predicted octanol–water partition coefficient (Wildman–Crippen LogP) is 1.01. The van der Waals surface area contributed by atoms with Gasteiger partial charge in [-0.1, -0.05) is 31.9 Å². The van der Waals surface area contributed by atoms with Crippen molar-refractivity contribution in [2.75, 3.05) is 19.8 Å². The zero-order chi connectivity index (χ0) is 14.8. The summed E-state index contributed by atoms with van der Waals surface area (Å²) >= 11 is 0. The molecule has 5 nitrogen and oxygen atoms in total. The lowest BCUT2D eigenvalue weighted by atomic mass is 10.0. The van der Waals surface area contributed by atoms with E-state index in [9.17, 15) is 10.2 Å². The summed E-state index contributed by atoms with van der Waals surface area (Å²) in [6.45, 7) is 2.44. The van der Waals surface area contributed by atoms with Gasteiger partial charge in [0.2, 0.25) is 0 Å². The van der Waals surface area contributed by atoms with Crippen molar-refractivity contribution in [3.05, 3.63) is 12.2 Å². The maximum Gasteiger partial charge on any atom is 0.114 e. The van der Waals surface area contributed by atoms with Crippen LogP contribution >= 0.6 is 0 Å². The minimum absolute atomic E-state index is 0.0831. The lowest BCUT2D eigenvalue weighted by Crippen LogP contribution is -2.55. The highest BCUT2D eigenvalue weighted by molar-refractivity contribution is 4.88. The first-order valence-electron chi connectivity index (χ1n) is 7.55. The Morgan fingerprint density at radius 3 is 2.65 bits per heavy atom. The third-order valence-corrected chi connectivity index (χ3v) is 3.49. The fourth-order valence-electron chi connectivity index (χ4n) is 2.25. The second-order valence-corrected chi connectivity index (χ2v) is 5.20. The molecule has 1 aliphatic rings. The fourth-order valence-corrected chi connectivity index (χ4v) is 2.25. The molecule has 1 saturated heterocycles. The van der Waals surface area contributed by atoms with Crippen LogP contribution in [0.3, 0.4) is 0 Å². The second kappa shape index (κ2) is 10.3. The van der Waals surface area contributed by atoms with Gasteiger partial charge in [-0.25, -0.2) is 0 Å². The Labute approximate surface area is 121 Å². The van der Waals surface area contributed by atoms with Gasteiger partial charge < -0.3 is 24.8 Å². The number of unbranched alkanes of at least 4 members (excludes halogenated alkanes) is 3.